The number of hydrogen-bond donors (Lipinski definition) is 2. The minimum absolute atomic E-state index is 0.344. The molecule has 0 spiro atoms. The lowest BCUT2D eigenvalue weighted by atomic mass is 10.1. The highest BCUT2D eigenvalue weighted by molar-refractivity contribution is 7.13. The van der Waals surface area contributed by atoms with E-state index in [9.17, 15) is 4.79 Å². The van der Waals surface area contributed by atoms with E-state index in [1.54, 1.807) is 5.51 Å². The molecule has 0 aliphatic carbocycles. The summed E-state index contributed by atoms with van der Waals surface area (Å²) in [5.41, 5.74) is 9.41. The van der Waals surface area contributed by atoms with Gasteiger partial charge >= 0.3 is 0 Å². The van der Waals surface area contributed by atoms with Crippen LogP contribution in [0.1, 0.15) is 16.1 Å². The first kappa shape index (κ1) is 11.8. The monoisotopic (exact) mass is 247 g/mol. The normalized spacial score (nSPS) is 10.4. The summed E-state index contributed by atoms with van der Waals surface area (Å²) >= 11 is 1.43. The zero-order valence-electron chi connectivity index (χ0n) is 9.43. The molecular weight excluding hydrogens is 234 g/mol. The fourth-order valence-corrected chi connectivity index (χ4v) is 2.44. The van der Waals surface area contributed by atoms with Crippen molar-refractivity contribution in [3.05, 3.63) is 41.0 Å². The van der Waals surface area contributed by atoms with E-state index in [1.807, 2.05) is 31.3 Å². The van der Waals surface area contributed by atoms with Crippen LogP contribution in [0.4, 0.5) is 0 Å². The van der Waals surface area contributed by atoms with Gasteiger partial charge in [-0.05, 0) is 24.2 Å². The number of amides is 1. The van der Waals surface area contributed by atoms with Crippen LogP contribution in [-0.2, 0) is 6.54 Å². The molecule has 5 heteroatoms. The number of primary amides is 1. The fourth-order valence-electron chi connectivity index (χ4n) is 1.65. The molecule has 1 aromatic carbocycles. The highest BCUT2D eigenvalue weighted by atomic mass is 32.1. The van der Waals surface area contributed by atoms with Crippen molar-refractivity contribution in [2.75, 3.05) is 7.05 Å². The van der Waals surface area contributed by atoms with Crippen molar-refractivity contribution in [1.29, 1.82) is 0 Å². The van der Waals surface area contributed by atoms with Gasteiger partial charge in [0.2, 0.25) is 0 Å². The third kappa shape index (κ3) is 2.51. The molecule has 0 saturated carbocycles. The van der Waals surface area contributed by atoms with E-state index in [-0.39, 0.29) is 0 Å². The number of carbonyl (C=O) groups excluding carboxylic acids is 1. The third-order valence-electron chi connectivity index (χ3n) is 2.37. The zero-order valence-corrected chi connectivity index (χ0v) is 10.3. The van der Waals surface area contributed by atoms with Gasteiger partial charge in [0.1, 0.15) is 5.69 Å². The fraction of sp³-hybridized carbons (Fsp3) is 0.167. The lowest BCUT2D eigenvalue weighted by molar-refractivity contribution is 0.0997. The molecule has 2 rings (SSSR count). The van der Waals surface area contributed by atoms with Crippen LogP contribution in [0.15, 0.2) is 29.8 Å². The molecule has 1 amide bonds. The molecule has 2 aromatic rings. The van der Waals surface area contributed by atoms with E-state index >= 15 is 0 Å². The Morgan fingerprint density at radius 2 is 2.35 bits per heavy atom. The number of hydrogen-bond acceptors (Lipinski definition) is 4. The highest BCUT2D eigenvalue weighted by Crippen LogP contribution is 2.27. The van der Waals surface area contributed by atoms with Gasteiger partial charge < -0.3 is 11.1 Å². The molecule has 0 saturated heterocycles. The van der Waals surface area contributed by atoms with Gasteiger partial charge in [-0.2, -0.15) is 0 Å². The van der Waals surface area contributed by atoms with Gasteiger partial charge in [-0.3, -0.25) is 4.79 Å². The quantitative estimate of drug-likeness (QED) is 0.862. The SMILES string of the molecule is CNCc1cccc(-c2scnc2C(N)=O)c1. The number of carbonyl (C=O) groups is 1. The number of thiazole rings is 1. The molecule has 3 N–H and O–H groups in total. The Hall–Kier alpha value is -1.72. The van der Waals surface area contributed by atoms with E-state index in [2.05, 4.69) is 10.3 Å². The van der Waals surface area contributed by atoms with E-state index in [0.717, 1.165) is 22.5 Å². The lowest BCUT2D eigenvalue weighted by Gasteiger charge is -2.04. The molecule has 0 radical (unpaired) electrons. The van der Waals surface area contributed by atoms with Crippen LogP contribution in [0, 0.1) is 0 Å². The number of nitrogens with one attached hydrogen (secondary N) is 1. The summed E-state index contributed by atoms with van der Waals surface area (Å²) in [6.45, 7) is 0.790. The zero-order chi connectivity index (χ0) is 12.3. The molecule has 0 atom stereocenters. The second-order valence-corrected chi connectivity index (χ2v) is 4.48. The number of benzene rings is 1. The summed E-state index contributed by atoms with van der Waals surface area (Å²) < 4.78 is 0. The Morgan fingerprint density at radius 1 is 1.53 bits per heavy atom. The molecule has 88 valence electrons. The van der Waals surface area contributed by atoms with Crippen molar-refractivity contribution < 1.29 is 4.79 Å². The minimum atomic E-state index is -0.486. The highest BCUT2D eigenvalue weighted by Gasteiger charge is 2.13. The molecule has 4 nitrogen and oxygen atoms in total. The molecule has 0 aliphatic heterocycles. The van der Waals surface area contributed by atoms with Crippen LogP contribution in [0.5, 0.6) is 0 Å². The summed E-state index contributed by atoms with van der Waals surface area (Å²) in [4.78, 5) is 16.0. The van der Waals surface area contributed by atoms with Crippen LogP contribution in [0.3, 0.4) is 0 Å². The maximum Gasteiger partial charge on any atom is 0.268 e. The van der Waals surface area contributed by atoms with Gasteiger partial charge in [0.15, 0.2) is 0 Å². The van der Waals surface area contributed by atoms with Crippen molar-refractivity contribution in [2.45, 2.75) is 6.54 Å². The predicted molar refractivity (Wildman–Crippen MR) is 68.8 cm³/mol. The van der Waals surface area contributed by atoms with Crippen LogP contribution in [0.25, 0.3) is 10.4 Å². The Morgan fingerprint density at radius 3 is 3.06 bits per heavy atom. The maximum absolute atomic E-state index is 11.2. The van der Waals surface area contributed by atoms with E-state index in [4.69, 9.17) is 5.73 Å². The molecule has 0 bridgehead atoms. The molecule has 0 fully saturated rings. The minimum Gasteiger partial charge on any atom is -0.364 e. The van der Waals surface area contributed by atoms with Crippen molar-refractivity contribution in [3.63, 3.8) is 0 Å². The van der Waals surface area contributed by atoms with E-state index in [1.165, 1.54) is 11.3 Å². The van der Waals surface area contributed by atoms with Crippen molar-refractivity contribution >= 4 is 17.2 Å². The number of nitrogens with zero attached hydrogens (tertiary/aromatic N) is 1. The molecule has 0 unspecified atom stereocenters. The Bertz CT molecular complexity index is 536. The first-order chi connectivity index (χ1) is 8.22. The summed E-state index contributed by atoms with van der Waals surface area (Å²) in [5, 5.41) is 3.09. The number of aromatic nitrogens is 1. The molecule has 1 aromatic heterocycles. The average Bonchev–Trinajstić information content (AvgIpc) is 2.79. The van der Waals surface area contributed by atoms with Crippen molar-refractivity contribution in [2.24, 2.45) is 5.73 Å². The second-order valence-electron chi connectivity index (χ2n) is 3.63. The number of nitrogens with two attached hydrogens (primary N) is 1. The smallest absolute Gasteiger partial charge is 0.268 e. The molecule has 1 heterocycles. The first-order valence-corrected chi connectivity index (χ1v) is 6.07. The molecular formula is C12H13N3OS. The van der Waals surface area contributed by atoms with Crippen LogP contribution < -0.4 is 11.1 Å². The topological polar surface area (TPSA) is 68.0 Å². The van der Waals surface area contributed by atoms with Crippen LogP contribution in [-0.4, -0.2) is 17.9 Å². The summed E-state index contributed by atoms with van der Waals surface area (Å²) in [6.07, 6.45) is 0. The maximum atomic E-state index is 11.2. The standard InChI is InChI=1S/C12H13N3OS/c1-14-6-8-3-2-4-9(5-8)11-10(12(13)16)15-7-17-11/h2-5,7,14H,6H2,1H3,(H2,13,16). The lowest BCUT2D eigenvalue weighted by Crippen LogP contribution is -2.12. The van der Waals surface area contributed by atoms with Gasteiger partial charge in [0, 0.05) is 6.54 Å². The average molecular weight is 247 g/mol. The van der Waals surface area contributed by atoms with Gasteiger partial charge in [-0.1, -0.05) is 18.2 Å². The Kier molecular flexibility index (Phi) is 3.51. The largest absolute Gasteiger partial charge is 0.364 e. The Labute approximate surface area is 103 Å². The third-order valence-corrected chi connectivity index (χ3v) is 3.25. The van der Waals surface area contributed by atoms with E-state index in [0.29, 0.717) is 5.69 Å². The second kappa shape index (κ2) is 5.07. The van der Waals surface area contributed by atoms with Gasteiger partial charge in [0.25, 0.3) is 5.91 Å². The van der Waals surface area contributed by atoms with Gasteiger partial charge in [-0.25, -0.2) is 4.98 Å². The summed E-state index contributed by atoms with van der Waals surface area (Å²) in [5.74, 6) is -0.486. The van der Waals surface area contributed by atoms with Crippen LogP contribution >= 0.6 is 11.3 Å². The Balaban J connectivity index is 2.42. The molecule has 0 aliphatic rings. The first-order valence-electron chi connectivity index (χ1n) is 5.19. The van der Waals surface area contributed by atoms with Crippen molar-refractivity contribution in [1.82, 2.24) is 10.3 Å². The predicted octanol–water partition coefficient (Wildman–Crippen LogP) is 1.63. The molecule has 17 heavy (non-hydrogen) atoms. The summed E-state index contributed by atoms with van der Waals surface area (Å²) in [6, 6.07) is 7.99. The van der Waals surface area contributed by atoms with Crippen molar-refractivity contribution in [3.8, 4) is 10.4 Å². The van der Waals surface area contributed by atoms with Gasteiger partial charge in [-0.15, -0.1) is 11.3 Å². The van der Waals surface area contributed by atoms with E-state index < -0.39 is 5.91 Å². The van der Waals surface area contributed by atoms with Gasteiger partial charge in [0.05, 0.1) is 10.4 Å². The van der Waals surface area contributed by atoms with Crippen LogP contribution in [0.2, 0.25) is 0 Å². The summed E-state index contributed by atoms with van der Waals surface area (Å²) in [7, 11) is 1.90. The number of rotatable bonds is 4.